The first-order valence-electron chi connectivity index (χ1n) is 4.64. The maximum absolute atomic E-state index is 11.1. The van der Waals surface area contributed by atoms with E-state index in [1.54, 1.807) is 0 Å². The molecule has 1 aromatic rings. The fraction of sp³-hybridized carbons (Fsp3) is 0.300. The fourth-order valence-electron chi connectivity index (χ4n) is 1.10. The number of non-ortho nitro benzene ring substituents is 1. The third-order valence-electron chi connectivity index (χ3n) is 1.96. The molecule has 0 aliphatic rings. The molecule has 0 radical (unpaired) electrons. The van der Waals surface area contributed by atoms with Crippen LogP contribution in [0.3, 0.4) is 0 Å². The lowest BCUT2D eigenvalue weighted by atomic mass is 10.3. The van der Waals surface area contributed by atoms with Crippen molar-refractivity contribution in [2.45, 2.75) is 13.0 Å². The quantitative estimate of drug-likeness (QED) is 0.484. The van der Waals surface area contributed by atoms with Crippen molar-refractivity contribution in [3.8, 4) is 5.75 Å². The van der Waals surface area contributed by atoms with Crippen LogP contribution in [0.1, 0.15) is 6.92 Å². The van der Waals surface area contributed by atoms with Crippen LogP contribution in [0, 0.1) is 10.1 Å². The molecule has 1 atom stereocenters. The molecule has 6 nitrogen and oxygen atoms in total. The number of carbonyl (C=O) groups excluding carboxylic acids is 1. The number of nitro benzene ring substituents is 1. The molecular formula is C10H10BrNO5. The van der Waals surface area contributed by atoms with Gasteiger partial charge in [0, 0.05) is 12.1 Å². The van der Waals surface area contributed by atoms with Crippen LogP contribution in [0.15, 0.2) is 22.7 Å². The van der Waals surface area contributed by atoms with Gasteiger partial charge in [0.2, 0.25) is 0 Å². The predicted octanol–water partition coefficient (Wildman–Crippen LogP) is 2.30. The van der Waals surface area contributed by atoms with Crippen LogP contribution in [-0.2, 0) is 9.53 Å². The molecule has 0 N–H and O–H groups in total. The average Bonchev–Trinajstić information content (AvgIpc) is 2.30. The number of benzene rings is 1. The van der Waals surface area contributed by atoms with E-state index >= 15 is 0 Å². The third-order valence-corrected chi connectivity index (χ3v) is 2.58. The van der Waals surface area contributed by atoms with Gasteiger partial charge in [-0.1, -0.05) is 0 Å². The minimum atomic E-state index is -0.780. The highest BCUT2D eigenvalue weighted by Gasteiger charge is 2.17. The summed E-state index contributed by atoms with van der Waals surface area (Å²) in [5.41, 5.74) is -0.0602. The first kappa shape index (κ1) is 13.4. The first-order chi connectivity index (χ1) is 7.95. The lowest BCUT2D eigenvalue weighted by Gasteiger charge is -2.13. The van der Waals surface area contributed by atoms with Gasteiger partial charge in [-0.25, -0.2) is 4.79 Å². The van der Waals surface area contributed by atoms with Gasteiger partial charge >= 0.3 is 5.97 Å². The third kappa shape index (κ3) is 3.42. The molecule has 0 aromatic heterocycles. The summed E-state index contributed by atoms with van der Waals surface area (Å²) in [5.74, 6) is -0.177. The van der Waals surface area contributed by atoms with Crippen LogP contribution < -0.4 is 4.74 Å². The zero-order chi connectivity index (χ0) is 13.0. The van der Waals surface area contributed by atoms with Crippen molar-refractivity contribution in [2.75, 3.05) is 7.11 Å². The number of nitrogens with zero attached hydrogens (tertiary/aromatic N) is 1. The van der Waals surface area contributed by atoms with E-state index in [2.05, 4.69) is 20.7 Å². The molecule has 1 rings (SSSR count). The van der Waals surface area contributed by atoms with Crippen molar-refractivity contribution in [3.05, 3.63) is 32.8 Å². The van der Waals surface area contributed by atoms with Crippen molar-refractivity contribution in [1.29, 1.82) is 0 Å². The van der Waals surface area contributed by atoms with Crippen molar-refractivity contribution >= 4 is 27.6 Å². The number of hydrogen-bond donors (Lipinski definition) is 0. The highest BCUT2D eigenvalue weighted by molar-refractivity contribution is 9.10. The summed E-state index contributed by atoms with van der Waals surface area (Å²) in [7, 11) is 1.26. The molecule has 92 valence electrons. The zero-order valence-electron chi connectivity index (χ0n) is 9.18. The molecule has 7 heteroatoms. The van der Waals surface area contributed by atoms with E-state index in [1.807, 2.05) is 0 Å². The molecule has 0 heterocycles. The first-order valence-corrected chi connectivity index (χ1v) is 5.43. The van der Waals surface area contributed by atoms with Crippen molar-refractivity contribution in [3.63, 3.8) is 0 Å². The van der Waals surface area contributed by atoms with Gasteiger partial charge in [-0.2, -0.15) is 0 Å². The number of carbonyl (C=O) groups is 1. The van der Waals surface area contributed by atoms with E-state index in [0.717, 1.165) is 0 Å². The van der Waals surface area contributed by atoms with Crippen molar-refractivity contribution in [1.82, 2.24) is 0 Å². The van der Waals surface area contributed by atoms with E-state index in [4.69, 9.17) is 4.74 Å². The number of esters is 1. The van der Waals surface area contributed by atoms with Crippen LogP contribution >= 0.6 is 15.9 Å². The summed E-state index contributed by atoms with van der Waals surface area (Å²) in [4.78, 5) is 21.1. The molecule has 0 aliphatic carbocycles. The van der Waals surface area contributed by atoms with Crippen LogP contribution in [0.25, 0.3) is 0 Å². The van der Waals surface area contributed by atoms with Crippen LogP contribution in [0.5, 0.6) is 5.75 Å². The van der Waals surface area contributed by atoms with E-state index in [-0.39, 0.29) is 5.69 Å². The van der Waals surface area contributed by atoms with Gasteiger partial charge in [0.05, 0.1) is 16.5 Å². The van der Waals surface area contributed by atoms with E-state index in [9.17, 15) is 14.9 Å². The number of halogens is 1. The zero-order valence-corrected chi connectivity index (χ0v) is 10.8. The Balaban J connectivity index is 2.86. The van der Waals surface area contributed by atoms with Gasteiger partial charge in [0.25, 0.3) is 5.69 Å². The Hall–Kier alpha value is -1.63. The topological polar surface area (TPSA) is 78.7 Å². The second-order valence-corrected chi connectivity index (χ2v) is 4.01. The Labute approximate surface area is 106 Å². The van der Waals surface area contributed by atoms with E-state index < -0.39 is 17.0 Å². The minimum absolute atomic E-state index is 0.0602. The van der Waals surface area contributed by atoms with Crippen LogP contribution in [0.2, 0.25) is 0 Å². The van der Waals surface area contributed by atoms with Crippen molar-refractivity contribution in [2.24, 2.45) is 0 Å². The van der Waals surface area contributed by atoms with Gasteiger partial charge in [-0.05, 0) is 28.9 Å². The lowest BCUT2D eigenvalue weighted by Crippen LogP contribution is -2.25. The molecule has 0 saturated carbocycles. The highest BCUT2D eigenvalue weighted by Crippen LogP contribution is 2.29. The SMILES string of the molecule is COC(=O)C(C)Oc1ccc([N+](=O)[O-])cc1Br. The Kier molecular flexibility index (Phi) is 4.45. The lowest BCUT2D eigenvalue weighted by molar-refractivity contribution is -0.385. The molecule has 0 aliphatic heterocycles. The number of nitro groups is 1. The summed E-state index contributed by atoms with van der Waals surface area (Å²) in [6.07, 6.45) is -0.780. The molecule has 0 spiro atoms. The molecule has 0 fully saturated rings. The fourth-order valence-corrected chi connectivity index (χ4v) is 1.56. The number of methoxy groups -OCH3 is 1. The Bertz CT molecular complexity index is 448. The summed E-state index contributed by atoms with van der Waals surface area (Å²) >= 11 is 3.13. The maximum Gasteiger partial charge on any atom is 0.346 e. The highest BCUT2D eigenvalue weighted by atomic mass is 79.9. The second-order valence-electron chi connectivity index (χ2n) is 3.16. The number of hydrogen-bond acceptors (Lipinski definition) is 5. The standard InChI is InChI=1S/C10H10BrNO5/c1-6(10(13)16-2)17-9-4-3-7(12(14)15)5-8(9)11/h3-6H,1-2H3. The Morgan fingerprint density at radius 1 is 1.53 bits per heavy atom. The van der Waals surface area contributed by atoms with Crippen LogP contribution in [-0.4, -0.2) is 24.1 Å². The van der Waals surface area contributed by atoms with Crippen LogP contribution in [0.4, 0.5) is 5.69 Å². The molecule has 0 bridgehead atoms. The number of ether oxygens (including phenoxy) is 2. The van der Waals surface area contributed by atoms with E-state index in [1.165, 1.54) is 32.2 Å². The molecule has 0 amide bonds. The molecular weight excluding hydrogens is 294 g/mol. The van der Waals surface area contributed by atoms with Gasteiger partial charge in [0.1, 0.15) is 5.75 Å². The normalized spacial score (nSPS) is 11.7. The summed E-state index contributed by atoms with van der Waals surface area (Å²) in [6, 6.07) is 4.02. The molecule has 1 aromatic carbocycles. The maximum atomic E-state index is 11.1. The monoisotopic (exact) mass is 303 g/mol. The minimum Gasteiger partial charge on any atom is -0.478 e. The van der Waals surface area contributed by atoms with Gasteiger partial charge in [-0.15, -0.1) is 0 Å². The Morgan fingerprint density at radius 2 is 2.18 bits per heavy atom. The predicted molar refractivity (Wildman–Crippen MR) is 62.9 cm³/mol. The Morgan fingerprint density at radius 3 is 2.65 bits per heavy atom. The summed E-state index contributed by atoms with van der Waals surface area (Å²) in [5, 5.41) is 10.5. The van der Waals surface area contributed by atoms with Gasteiger partial charge < -0.3 is 9.47 Å². The smallest absolute Gasteiger partial charge is 0.346 e. The van der Waals surface area contributed by atoms with Gasteiger partial charge in [0.15, 0.2) is 6.10 Å². The number of rotatable bonds is 4. The second kappa shape index (κ2) is 5.62. The van der Waals surface area contributed by atoms with Crippen molar-refractivity contribution < 1.29 is 19.2 Å². The molecule has 1 unspecified atom stereocenters. The summed E-state index contributed by atoms with van der Waals surface area (Å²) in [6.45, 7) is 1.53. The average molecular weight is 304 g/mol. The summed E-state index contributed by atoms with van der Waals surface area (Å²) < 4.78 is 10.2. The van der Waals surface area contributed by atoms with E-state index in [0.29, 0.717) is 10.2 Å². The molecule has 0 saturated heterocycles. The van der Waals surface area contributed by atoms with Gasteiger partial charge in [-0.3, -0.25) is 10.1 Å². The largest absolute Gasteiger partial charge is 0.478 e. The molecule has 17 heavy (non-hydrogen) atoms.